The van der Waals surface area contributed by atoms with Crippen LogP contribution in [0.2, 0.25) is 0 Å². The van der Waals surface area contributed by atoms with E-state index in [1.165, 1.54) is 11.1 Å². The second-order valence-corrected chi connectivity index (χ2v) is 5.08. The third-order valence-electron chi connectivity index (χ3n) is 3.28. The molecule has 2 N–H and O–H groups in total. The normalized spacial score (nSPS) is 10.6. The van der Waals surface area contributed by atoms with Gasteiger partial charge in [-0.2, -0.15) is 0 Å². The van der Waals surface area contributed by atoms with Gasteiger partial charge in [0.2, 0.25) is 5.95 Å². The number of benzene rings is 1. The molecule has 0 amide bonds. The quantitative estimate of drug-likeness (QED) is 0.820. The van der Waals surface area contributed by atoms with Crippen molar-refractivity contribution < 1.29 is 5.11 Å². The molecule has 0 saturated carbocycles. The molecule has 0 fully saturated rings. The van der Waals surface area contributed by atoms with Gasteiger partial charge in [0.25, 0.3) is 0 Å². The maximum absolute atomic E-state index is 9.62. The Morgan fingerprint density at radius 1 is 1.00 bits per heavy atom. The van der Waals surface area contributed by atoms with Crippen molar-refractivity contribution in [2.24, 2.45) is 0 Å². The van der Waals surface area contributed by atoms with E-state index in [4.69, 9.17) is 0 Å². The molecule has 1 aromatic heterocycles. The summed E-state index contributed by atoms with van der Waals surface area (Å²) in [5, 5.41) is 12.8. The molecule has 0 unspecified atom stereocenters. The van der Waals surface area contributed by atoms with Crippen molar-refractivity contribution in [3.05, 3.63) is 46.8 Å². The molecule has 20 heavy (non-hydrogen) atoms. The molecule has 0 radical (unpaired) electrons. The lowest BCUT2D eigenvalue weighted by molar-refractivity contribution is 0.459. The van der Waals surface area contributed by atoms with E-state index in [1.807, 2.05) is 0 Å². The van der Waals surface area contributed by atoms with Crippen LogP contribution in [0.15, 0.2) is 24.3 Å². The number of aromatic nitrogens is 2. The Morgan fingerprint density at radius 2 is 1.60 bits per heavy atom. The summed E-state index contributed by atoms with van der Waals surface area (Å²) in [5.74, 6) is 0.761. The average Bonchev–Trinajstić information content (AvgIpc) is 2.43. The lowest BCUT2D eigenvalue weighted by Crippen LogP contribution is -2.08. The highest BCUT2D eigenvalue weighted by atomic mass is 16.3. The third-order valence-corrected chi connectivity index (χ3v) is 3.28. The minimum absolute atomic E-state index is 0.176. The summed E-state index contributed by atoms with van der Waals surface area (Å²) in [6.07, 6.45) is 2.05. The number of aryl methyl sites for hydroxylation is 4. The summed E-state index contributed by atoms with van der Waals surface area (Å²) < 4.78 is 0. The predicted octanol–water partition coefficient (Wildman–Crippen LogP) is 3.15. The van der Waals surface area contributed by atoms with Crippen LogP contribution >= 0.6 is 0 Å². The molecule has 1 heterocycles. The van der Waals surface area contributed by atoms with Crippen LogP contribution in [0.4, 0.5) is 5.95 Å². The molecule has 0 aliphatic rings. The zero-order valence-electron chi connectivity index (χ0n) is 12.3. The number of rotatable bonds is 5. The van der Waals surface area contributed by atoms with E-state index < -0.39 is 0 Å². The van der Waals surface area contributed by atoms with Gasteiger partial charge in [-0.05, 0) is 39.2 Å². The highest BCUT2D eigenvalue weighted by Crippen LogP contribution is 2.18. The molecule has 0 aliphatic carbocycles. The van der Waals surface area contributed by atoms with Gasteiger partial charge >= 0.3 is 0 Å². The molecule has 4 nitrogen and oxygen atoms in total. The third kappa shape index (κ3) is 3.70. The van der Waals surface area contributed by atoms with Crippen LogP contribution in [0, 0.1) is 20.8 Å². The van der Waals surface area contributed by atoms with Gasteiger partial charge in [0.1, 0.15) is 0 Å². The van der Waals surface area contributed by atoms with Crippen LogP contribution < -0.4 is 5.32 Å². The van der Waals surface area contributed by atoms with E-state index in [2.05, 4.69) is 46.5 Å². The Bertz CT molecular complexity index is 556. The second kappa shape index (κ2) is 6.37. The summed E-state index contributed by atoms with van der Waals surface area (Å²) in [7, 11) is 0. The lowest BCUT2D eigenvalue weighted by atomic mass is 10.1. The molecule has 2 aromatic rings. The van der Waals surface area contributed by atoms with Gasteiger partial charge in [-0.3, -0.25) is 0 Å². The highest BCUT2D eigenvalue weighted by molar-refractivity contribution is 5.37. The standard InChI is InChI=1S/C16H21N3O/c1-11-6-8-14(9-7-11)5-4-10-17-16-18-12(2)15(20)13(3)19-16/h6-9,20H,4-5,10H2,1-3H3,(H,17,18,19). The number of nitrogens with one attached hydrogen (secondary N) is 1. The highest BCUT2D eigenvalue weighted by Gasteiger charge is 2.05. The van der Waals surface area contributed by atoms with Gasteiger partial charge in [-0.25, -0.2) is 9.97 Å². The van der Waals surface area contributed by atoms with Crippen molar-refractivity contribution in [2.45, 2.75) is 33.6 Å². The molecule has 4 heteroatoms. The fourth-order valence-electron chi connectivity index (χ4n) is 2.04. The molecule has 2 rings (SSSR count). The molecular weight excluding hydrogens is 250 g/mol. The largest absolute Gasteiger partial charge is 0.504 e. The van der Waals surface area contributed by atoms with Crippen LogP contribution in [0.1, 0.15) is 28.9 Å². The van der Waals surface area contributed by atoms with Gasteiger partial charge in [-0.1, -0.05) is 29.8 Å². The molecule has 0 spiro atoms. The predicted molar refractivity (Wildman–Crippen MR) is 81.2 cm³/mol. The summed E-state index contributed by atoms with van der Waals surface area (Å²) in [5.41, 5.74) is 3.85. The van der Waals surface area contributed by atoms with E-state index in [0.29, 0.717) is 17.3 Å². The summed E-state index contributed by atoms with van der Waals surface area (Å²) in [4.78, 5) is 8.43. The van der Waals surface area contributed by atoms with Gasteiger partial charge in [-0.15, -0.1) is 0 Å². The van der Waals surface area contributed by atoms with Crippen molar-refractivity contribution in [3.63, 3.8) is 0 Å². The molecule has 0 saturated heterocycles. The van der Waals surface area contributed by atoms with Crippen LogP contribution in [-0.4, -0.2) is 21.6 Å². The topological polar surface area (TPSA) is 58.0 Å². The SMILES string of the molecule is Cc1ccc(CCCNc2nc(C)c(O)c(C)n2)cc1. The summed E-state index contributed by atoms with van der Waals surface area (Å²) in [6.45, 7) is 6.47. The Labute approximate surface area is 119 Å². The number of hydrogen-bond acceptors (Lipinski definition) is 4. The van der Waals surface area contributed by atoms with E-state index in [9.17, 15) is 5.11 Å². The van der Waals surface area contributed by atoms with Gasteiger partial charge in [0.15, 0.2) is 5.75 Å². The zero-order chi connectivity index (χ0) is 14.5. The monoisotopic (exact) mass is 271 g/mol. The maximum Gasteiger partial charge on any atom is 0.223 e. The zero-order valence-corrected chi connectivity index (χ0v) is 12.3. The lowest BCUT2D eigenvalue weighted by Gasteiger charge is -2.08. The first-order valence-corrected chi connectivity index (χ1v) is 6.90. The van der Waals surface area contributed by atoms with E-state index >= 15 is 0 Å². The number of anilines is 1. The van der Waals surface area contributed by atoms with Crippen molar-refractivity contribution in [1.29, 1.82) is 0 Å². The fourth-order valence-corrected chi connectivity index (χ4v) is 2.04. The minimum Gasteiger partial charge on any atom is -0.504 e. The first-order valence-electron chi connectivity index (χ1n) is 6.90. The number of aromatic hydroxyl groups is 1. The molecule has 1 aromatic carbocycles. The number of nitrogens with zero attached hydrogens (tertiary/aromatic N) is 2. The van der Waals surface area contributed by atoms with Crippen molar-refractivity contribution in [1.82, 2.24) is 9.97 Å². The van der Waals surface area contributed by atoms with Crippen molar-refractivity contribution in [2.75, 3.05) is 11.9 Å². The minimum atomic E-state index is 0.176. The smallest absolute Gasteiger partial charge is 0.223 e. The Morgan fingerprint density at radius 3 is 2.20 bits per heavy atom. The second-order valence-electron chi connectivity index (χ2n) is 5.08. The van der Waals surface area contributed by atoms with Crippen LogP contribution in [-0.2, 0) is 6.42 Å². The average molecular weight is 271 g/mol. The van der Waals surface area contributed by atoms with Crippen LogP contribution in [0.25, 0.3) is 0 Å². The number of hydrogen-bond donors (Lipinski definition) is 2. The molecule has 0 atom stereocenters. The maximum atomic E-state index is 9.62. The summed E-state index contributed by atoms with van der Waals surface area (Å²) >= 11 is 0. The Balaban J connectivity index is 1.83. The van der Waals surface area contributed by atoms with Gasteiger partial charge in [0.05, 0.1) is 11.4 Å². The van der Waals surface area contributed by atoms with E-state index in [0.717, 1.165) is 19.4 Å². The first-order chi connectivity index (χ1) is 9.56. The van der Waals surface area contributed by atoms with Crippen LogP contribution in [0.5, 0.6) is 5.75 Å². The van der Waals surface area contributed by atoms with Gasteiger partial charge in [0, 0.05) is 6.54 Å². The Kier molecular flexibility index (Phi) is 4.56. The first kappa shape index (κ1) is 14.3. The fraction of sp³-hybridized carbons (Fsp3) is 0.375. The summed E-state index contributed by atoms with van der Waals surface area (Å²) in [6, 6.07) is 8.61. The molecule has 0 bridgehead atoms. The van der Waals surface area contributed by atoms with Gasteiger partial charge < -0.3 is 10.4 Å². The molecule has 106 valence electrons. The molecule has 0 aliphatic heterocycles. The van der Waals surface area contributed by atoms with E-state index in [1.54, 1.807) is 13.8 Å². The Hall–Kier alpha value is -2.10. The van der Waals surface area contributed by atoms with E-state index in [-0.39, 0.29) is 5.75 Å². The molecular formula is C16H21N3O. The van der Waals surface area contributed by atoms with Crippen molar-refractivity contribution >= 4 is 5.95 Å². The van der Waals surface area contributed by atoms with Crippen molar-refractivity contribution in [3.8, 4) is 5.75 Å². The van der Waals surface area contributed by atoms with Crippen LogP contribution in [0.3, 0.4) is 0 Å².